The van der Waals surface area contributed by atoms with Crippen LogP contribution in [0.2, 0.25) is 0 Å². The van der Waals surface area contributed by atoms with E-state index in [2.05, 4.69) is 42.6 Å². The molecule has 110 valence electrons. The maximum absolute atomic E-state index is 12.0. The Kier molecular flexibility index (Phi) is 5.45. The lowest BCUT2D eigenvalue weighted by atomic mass is 10.1. The molecule has 0 unspecified atom stereocenters. The van der Waals surface area contributed by atoms with Gasteiger partial charge in [-0.1, -0.05) is 35.9 Å². The fourth-order valence-electron chi connectivity index (χ4n) is 2.31. The van der Waals surface area contributed by atoms with Crippen LogP contribution in [0.4, 0.5) is 5.69 Å². The van der Waals surface area contributed by atoms with Gasteiger partial charge in [0.2, 0.25) is 5.91 Å². The lowest BCUT2D eigenvalue weighted by Gasteiger charge is -2.08. The molecule has 0 aromatic heterocycles. The Morgan fingerprint density at radius 2 is 1.71 bits per heavy atom. The molecule has 2 rings (SSSR count). The van der Waals surface area contributed by atoms with E-state index in [0.717, 1.165) is 22.6 Å². The van der Waals surface area contributed by atoms with Gasteiger partial charge in [0.15, 0.2) is 0 Å². The van der Waals surface area contributed by atoms with Crippen molar-refractivity contribution in [3.63, 3.8) is 0 Å². The van der Waals surface area contributed by atoms with E-state index in [9.17, 15) is 4.79 Å². The van der Waals surface area contributed by atoms with Crippen molar-refractivity contribution in [2.45, 2.75) is 26.5 Å². The average molecular weight is 299 g/mol. The number of anilines is 1. The summed E-state index contributed by atoms with van der Waals surface area (Å²) >= 11 is 1.64. The van der Waals surface area contributed by atoms with Crippen molar-refractivity contribution in [1.82, 2.24) is 0 Å². The third-order valence-corrected chi connectivity index (χ3v) is 4.09. The highest BCUT2D eigenvalue weighted by Gasteiger charge is 2.04. The summed E-state index contributed by atoms with van der Waals surface area (Å²) in [6.07, 6.45) is 0. The van der Waals surface area contributed by atoms with Crippen molar-refractivity contribution in [1.29, 1.82) is 0 Å². The number of carbonyl (C=O) groups excluding carboxylic acids is 1. The van der Waals surface area contributed by atoms with Crippen molar-refractivity contribution in [2.75, 3.05) is 11.1 Å². The summed E-state index contributed by atoms with van der Waals surface area (Å²) in [4.78, 5) is 12.0. The number of thioether (sulfide) groups is 1. The molecule has 0 bridgehead atoms. The SMILES string of the molecule is Cc1cccc(CSCC(=O)Nc2cc(C)cc(C)c2)c1. The highest BCUT2D eigenvalue weighted by atomic mass is 32.2. The Bertz CT molecular complexity index is 617. The van der Waals surface area contributed by atoms with Gasteiger partial charge < -0.3 is 5.32 Å². The normalized spacial score (nSPS) is 10.4. The van der Waals surface area contributed by atoms with Crippen molar-refractivity contribution in [2.24, 2.45) is 0 Å². The van der Waals surface area contributed by atoms with Gasteiger partial charge in [-0.05, 0) is 49.6 Å². The van der Waals surface area contributed by atoms with Crippen LogP contribution in [-0.2, 0) is 10.5 Å². The molecule has 2 aromatic carbocycles. The summed E-state index contributed by atoms with van der Waals surface area (Å²) in [7, 11) is 0. The fourth-order valence-corrected chi connectivity index (χ4v) is 3.08. The summed E-state index contributed by atoms with van der Waals surface area (Å²) < 4.78 is 0. The minimum atomic E-state index is 0.0534. The Morgan fingerprint density at radius 1 is 1.00 bits per heavy atom. The van der Waals surface area contributed by atoms with Gasteiger partial charge in [0.05, 0.1) is 5.75 Å². The summed E-state index contributed by atoms with van der Waals surface area (Å²) in [5, 5.41) is 2.96. The van der Waals surface area contributed by atoms with Crippen LogP contribution >= 0.6 is 11.8 Å². The summed E-state index contributed by atoms with van der Waals surface area (Å²) in [5.74, 6) is 1.39. The van der Waals surface area contributed by atoms with Gasteiger partial charge in [0.25, 0.3) is 0 Å². The molecular weight excluding hydrogens is 278 g/mol. The Hall–Kier alpha value is -1.74. The predicted molar refractivity (Wildman–Crippen MR) is 91.9 cm³/mol. The van der Waals surface area contributed by atoms with Gasteiger partial charge in [-0.15, -0.1) is 11.8 Å². The van der Waals surface area contributed by atoms with Crippen LogP contribution in [-0.4, -0.2) is 11.7 Å². The topological polar surface area (TPSA) is 29.1 Å². The standard InChI is InChI=1S/C18H21NOS/c1-13-5-4-6-16(8-13)11-21-12-18(20)19-17-9-14(2)7-15(3)10-17/h4-10H,11-12H2,1-3H3,(H,19,20). The van der Waals surface area contributed by atoms with Crippen LogP contribution < -0.4 is 5.32 Å². The zero-order chi connectivity index (χ0) is 15.2. The lowest BCUT2D eigenvalue weighted by Crippen LogP contribution is -2.14. The van der Waals surface area contributed by atoms with E-state index in [-0.39, 0.29) is 5.91 Å². The zero-order valence-corrected chi connectivity index (χ0v) is 13.6. The van der Waals surface area contributed by atoms with Gasteiger partial charge in [0, 0.05) is 11.4 Å². The van der Waals surface area contributed by atoms with Crippen LogP contribution in [0.3, 0.4) is 0 Å². The van der Waals surface area contributed by atoms with E-state index < -0.39 is 0 Å². The second kappa shape index (κ2) is 7.32. The number of rotatable bonds is 5. The Labute approximate surface area is 131 Å². The quantitative estimate of drug-likeness (QED) is 0.881. The Balaban J connectivity index is 1.82. The number of aryl methyl sites for hydroxylation is 3. The first-order valence-electron chi connectivity index (χ1n) is 7.04. The minimum Gasteiger partial charge on any atom is -0.325 e. The maximum atomic E-state index is 12.0. The first-order chi connectivity index (χ1) is 10.0. The molecule has 0 saturated heterocycles. The number of hydrogen-bond acceptors (Lipinski definition) is 2. The Morgan fingerprint density at radius 3 is 2.38 bits per heavy atom. The van der Waals surface area contributed by atoms with Crippen LogP contribution in [0, 0.1) is 20.8 Å². The van der Waals surface area contributed by atoms with Crippen LogP contribution in [0.1, 0.15) is 22.3 Å². The van der Waals surface area contributed by atoms with Gasteiger partial charge in [-0.25, -0.2) is 0 Å². The average Bonchev–Trinajstić information content (AvgIpc) is 2.37. The molecule has 0 aliphatic heterocycles. The molecule has 0 spiro atoms. The lowest BCUT2D eigenvalue weighted by molar-refractivity contribution is -0.113. The molecular formula is C18H21NOS. The van der Waals surface area contributed by atoms with E-state index in [1.165, 1.54) is 11.1 Å². The van der Waals surface area contributed by atoms with E-state index in [1.807, 2.05) is 26.0 Å². The predicted octanol–water partition coefficient (Wildman–Crippen LogP) is 4.48. The summed E-state index contributed by atoms with van der Waals surface area (Å²) in [6, 6.07) is 14.5. The molecule has 0 aliphatic carbocycles. The molecule has 3 heteroatoms. The molecule has 0 heterocycles. The van der Waals surface area contributed by atoms with E-state index in [0.29, 0.717) is 5.75 Å². The summed E-state index contributed by atoms with van der Waals surface area (Å²) in [5.41, 5.74) is 5.73. The maximum Gasteiger partial charge on any atom is 0.234 e. The first kappa shape index (κ1) is 15.6. The van der Waals surface area contributed by atoms with Gasteiger partial charge in [0.1, 0.15) is 0 Å². The molecule has 0 radical (unpaired) electrons. The van der Waals surface area contributed by atoms with E-state index in [1.54, 1.807) is 11.8 Å². The second-order valence-corrected chi connectivity index (χ2v) is 6.39. The highest BCUT2D eigenvalue weighted by Crippen LogP contribution is 2.16. The molecule has 2 nitrogen and oxygen atoms in total. The molecule has 2 aromatic rings. The first-order valence-corrected chi connectivity index (χ1v) is 8.20. The number of benzene rings is 2. The van der Waals surface area contributed by atoms with Crippen molar-refractivity contribution < 1.29 is 4.79 Å². The number of amides is 1. The van der Waals surface area contributed by atoms with Gasteiger partial charge >= 0.3 is 0 Å². The molecule has 21 heavy (non-hydrogen) atoms. The minimum absolute atomic E-state index is 0.0534. The third kappa shape index (κ3) is 5.27. The highest BCUT2D eigenvalue weighted by molar-refractivity contribution is 7.99. The third-order valence-electron chi connectivity index (χ3n) is 3.09. The van der Waals surface area contributed by atoms with Gasteiger partial charge in [-0.2, -0.15) is 0 Å². The molecule has 0 atom stereocenters. The van der Waals surface area contributed by atoms with Crippen LogP contribution in [0.5, 0.6) is 0 Å². The molecule has 0 fully saturated rings. The number of hydrogen-bond donors (Lipinski definition) is 1. The number of carbonyl (C=O) groups is 1. The monoisotopic (exact) mass is 299 g/mol. The van der Waals surface area contributed by atoms with Crippen LogP contribution in [0.15, 0.2) is 42.5 Å². The van der Waals surface area contributed by atoms with E-state index in [4.69, 9.17) is 0 Å². The largest absolute Gasteiger partial charge is 0.325 e. The molecule has 0 aliphatic rings. The molecule has 1 N–H and O–H groups in total. The fraction of sp³-hybridized carbons (Fsp3) is 0.278. The van der Waals surface area contributed by atoms with Crippen LogP contribution in [0.25, 0.3) is 0 Å². The smallest absolute Gasteiger partial charge is 0.234 e. The van der Waals surface area contributed by atoms with E-state index >= 15 is 0 Å². The second-order valence-electron chi connectivity index (χ2n) is 5.41. The van der Waals surface area contributed by atoms with Crippen molar-refractivity contribution in [3.8, 4) is 0 Å². The number of nitrogens with one attached hydrogen (secondary N) is 1. The molecule has 0 saturated carbocycles. The molecule has 1 amide bonds. The van der Waals surface area contributed by atoms with Gasteiger partial charge in [-0.3, -0.25) is 4.79 Å². The summed E-state index contributed by atoms with van der Waals surface area (Å²) in [6.45, 7) is 6.16. The van der Waals surface area contributed by atoms with Crippen molar-refractivity contribution >= 4 is 23.4 Å². The zero-order valence-electron chi connectivity index (χ0n) is 12.8. The van der Waals surface area contributed by atoms with Crippen molar-refractivity contribution in [3.05, 3.63) is 64.7 Å².